The van der Waals surface area contributed by atoms with Crippen LogP contribution in [0.4, 0.5) is 0 Å². The van der Waals surface area contributed by atoms with E-state index in [0.717, 1.165) is 34.2 Å². The fourth-order valence-electron chi connectivity index (χ4n) is 3.79. The SMILES string of the molecule is CN(C)CCSC1=CC2N=c3ccc(O)cc3=C3CC=NC(C(O)=C1)C32. The van der Waals surface area contributed by atoms with Gasteiger partial charge in [-0.15, -0.1) is 11.8 Å². The molecule has 26 heavy (non-hydrogen) atoms. The zero-order valence-electron chi connectivity index (χ0n) is 15.0. The highest BCUT2D eigenvalue weighted by Gasteiger charge is 2.39. The van der Waals surface area contributed by atoms with Gasteiger partial charge < -0.3 is 15.1 Å². The molecule has 6 heteroatoms. The van der Waals surface area contributed by atoms with Crippen molar-refractivity contribution in [2.45, 2.75) is 18.5 Å². The van der Waals surface area contributed by atoms with Crippen molar-refractivity contribution < 1.29 is 10.2 Å². The van der Waals surface area contributed by atoms with Crippen LogP contribution in [-0.2, 0) is 0 Å². The lowest BCUT2D eigenvalue weighted by Gasteiger charge is -2.33. The standard InChI is InChI=1S/C20H23N3O2S/c1-23(2)7-8-26-13-10-17-19-14(5-6-21-20(19)18(25)11-13)15-9-12(24)3-4-16(15)22-17/h3-4,6,9-11,17,19-20,24-25H,5,7-8H2,1-2H3. The summed E-state index contributed by atoms with van der Waals surface area (Å²) in [5.74, 6) is 1.51. The molecule has 0 spiro atoms. The number of aromatic hydroxyl groups is 1. The molecular formula is C20H23N3O2S. The second kappa shape index (κ2) is 6.93. The average Bonchev–Trinajstić information content (AvgIpc) is 2.73. The van der Waals surface area contributed by atoms with Crippen molar-refractivity contribution in [2.75, 3.05) is 26.4 Å². The molecule has 2 aliphatic heterocycles. The molecule has 0 saturated heterocycles. The van der Waals surface area contributed by atoms with Gasteiger partial charge >= 0.3 is 0 Å². The summed E-state index contributed by atoms with van der Waals surface area (Å²) in [6.07, 6.45) is 6.62. The van der Waals surface area contributed by atoms with E-state index < -0.39 is 0 Å². The maximum absolute atomic E-state index is 10.7. The number of hydrogen-bond acceptors (Lipinski definition) is 6. The van der Waals surface area contributed by atoms with Crippen molar-refractivity contribution >= 4 is 23.5 Å². The Bertz CT molecular complexity index is 933. The van der Waals surface area contributed by atoms with Gasteiger partial charge in [-0.05, 0) is 50.0 Å². The Hall–Kier alpha value is -2.05. The molecule has 2 heterocycles. The maximum Gasteiger partial charge on any atom is 0.119 e. The quantitative estimate of drug-likeness (QED) is 0.847. The number of nitrogens with zero attached hydrogens (tertiary/aromatic N) is 3. The van der Waals surface area contributed by atoms with Gasteiger partial charge in [0.2, 0.25) is 0 Å². The number of rotatable bonds is 4. The average molecular weight is 369 g/mol. The second-order valence-electron chi connectivity index (χ2n) is 7.14. The van der Waals surface area contributed by atoms with Gasteiger partial charge in [0.05, 0.1) is 11.4 Å². The minimum absolute atomic E-state index is 0.0116. The zero-order valence-corrected chi connectivity index (χ0v) is 15.8. The number of aliphatic hydroxyl groups excluding tert-OH is 1. The molecule has 0 radical (unpaired) electrons. The first-order valence-corrected chi connectivity index (χ1v) is 9.83. The van der Waals surface area contributed by atoms with Gasteiger partial charge in [-0.3, -0.25) is 9.98 Å². The van der Waals surface area contributed by atoms with Crippen LogP contribution in [0.5, 0.6) is 5.75 Å². The minimum Gasteiger partial charge on any atom is -0.510 e. The van der Waals surface area contributed by atoms with Crippen LogP contribution in [0, 0.1) is 5.92 Å². The molecule has 1 aromatic rings. The summed E-state index contributed by atoms with van der Waals surface area (Å²) in [7, 11) is 4.12. The molecule has 0 aromatic heterocycles. The van der Waals surface area contributed by atoms with Gasteiger partial charge in [-0.25, -0.2) is 0 Å². The number of phenols is 1. The zero-order chi connectivity index (χ0) is 18.3. The summed E-state index contributed by atoms with van der Waals surface area (Å²) in [5.41, 5.74) is 1.20. The third-order valence-electron chi connectivity index (χ3n) is 5.04. The highest BCUT2D eigenvalue weighted by atomic mass is 32.2. The molecular weight excluding hydrogens is 346 g/mol. The number of aliphatic hydroxyl groups is 1. The van der Waals surface area contributed by atoms with Crippen molar-refractivity contribution in [3.8, 4) is 5.75 Å². The lowest BCUT2D eigenvalue weighted by Crippen LogP contribution is -2.44. The number of fused-ring (bicyclic) bond motifs is 1. The smallest absolute Gasteiger partial charge is 0.119 e. The van der Waals surface area contributed by atoms with E-state index in [4.69, 9.17) is 4.99 Å². The van der Waals surface area contributed by atoms with E-state index >= 15 is 0 Å². The minimum atomic E-state index is -0.300. The highest BCUT2D eigenvalue weighted by Crippen LogP contribution is 2.38. The van der Waals surface area contributed by atoms with Crippen LogP contribution in [0.15, 0.2) is 51.0 Å². The number of phenolic OH excluding ortho intramolecular Hbond substituents is 1. The Morgan fingerprint density at radius 2 is 2.12 bits per heavy atom. The fraction of sp³-hybridized carbons (Fsp3) is 0.400. The third kappa shape index (κ3) is 3.19. The Kier molecular flexibility index (Phi) is 4.63. The second-order valence-corrected chi connectivity index (χ2v) is 8.31. The summed E-state index contributed by atoms with van der Waals surface area (Å²) in [6.45, 7) is 0.975. The molecule has 0 fully saturated rings. The molecule has 1 aromatic carbocycles. The van der Waals surface area contributed by atoms with E-state index in [1.807, 2.05) is 18.4 Å². The Morgan fingerprint density at radius 1 is 1.27 bits per heavy atom. The largest absolute Gasteiger partial charge is 0.510 e. The van der Waals surface area contributed by atoms with Gasteiger partial charge in [-0.2, -0.15) is 0 Å². The molecule has 1 aliphatic carbocycles. The molecule has 0 bridgehead atoms. The molecule has 3 unspecified atom stereocenters. The van der Waals surface area contributed by atoms with E-state index in [0.29, 0.717) is 5.76 Å². The molecule has 136 valence electrons. The van der Waals surface area contributed by atoms with Gasteiger partial charge in [-0.1, -0.05) is 0 Å². The van der Waals surface area contributed by atoms with Crippen LogP contribution >= 0.6 is 11.8 Å². The topological polar surface area (TPSA) is 68.4 Å². The van der Waals surface area contributed by atoms with E-state index in [-0.39, 0.29) is 23.8 Å². The van der Waals surface area contributed by atoms with Gasteiger partial charge in [0, 0.05) is 41.0 Å². The monoisotopic (exact) mass is 369 g/mol. The van der Waals surface area contributed by atoms with E-state index in [1.54, 1.807) is 23.9 Å². The summed E-state index contributed by atoms with van der Waals surface area (Å²) in [4.78, 5) is 12.7. The summed E-state index contributed by atoms with van der Waals surface area (Å²) >= 11 is 1.74. The molecule has 2 N–H and O–H groups in total. The molecule has 0 saturated carbocycles. The first kappa shape index (κ1) is 17.4. The van der Waals surface area contributed by atoms with Crippen LogP contribution in [0.2, 0.25) is 0 Å². The maximum atomic E-state index is 10.7. The first-order valence-electron chi connectivity index (χ1n) is 8.84. The molecule has 0 amide bonds. The Labute approximate surface area is 157 Å². The number of thioether (sulfide) groups is 1. The van der Waals surface area contributed by atoms with Gasteiger partial charge in [0.1, 0.15) is 17.6 Å². The van der Waals surface area contributed by atoms with Crippen molar-refractivity contribution in [3.63, 3.8) is 0 Å². The van der Waals surface area contributed by atoms with E-state index in [9.17, 15) is 10.2 Å². The van der Waals surface area contributed by atoms with Crippen LogP contribution in [-0.4, -0.2) is 59.8 Å². The first-order chi connectivity index (χ1) is 12.5. The molecule has 3 aliphatic rings. The predicted molar refractivity (Wildman–Crippen MR) is 106 cm³/mol. The fourth-order valence-corrected chi connectivity index (χ4v) is 4.92. The Morgan fingerprint density at radius 3 is 2.92 bits per heavy atom. The van der Waals surface area contributed by atoms with Crippen LogP contribution in [0.25, 0.3) is 5.57 Å². The van der Waals surface area contributed by atoms with E-state index in [2.05, 4.69) is 30.1 Å². The van der Waals surface area contributed by atoms with Gasteiger partial charge in [0.15, 0.2) is 0 Å². The predicted octanol–water partition coefficient (Wildman–Crippen LogP) is 1.64. The molecule has 3 atom stereocenters. The van der Waals surface area contributed by atoms with Crippen molar-refractivity contribution in [3.05, 3.63) is 51.6 Å². The van der Waals surface area contributed by atoms with Crippen molar-refractivity contribution in [1.29, 1.82) is 0 Å². The number of benzene rings is 1. The highest BCUT2D eigenvalue weighted by molar-refractivity contribution is 8.03. The number of hydrogen-bond donors (Lipinski definition) is 2. The van der Waals surface area contributed by atoms with Crippen LogP contribution < -0.4 is 10.6 Å². The summed E-state index contributed by atoms with van der Waals surface area (Å²) < 4.78 is 0. The van der Waals surface area contributed by atoms with Crippen LogP contribution in [0.3, 0.4) is 0 Å². The molecule has 4 rings (SSSR count). The Balaban J connectivity index is 1.79. The summed E-state index contributed by atoms with van der Waals surface area (Å²) in [6, 6.07) is 4.99. The van der Waals surface area contributed by atoms with Crippen LogP contribution in [0.1, 0.15) is 6.42 Å². The lowest BCUT2D eigenvalue weighted by atomic mass is 9.79. The van der Waals surface area contributed by atoms with Gasteiger partial charge in [0.25, 0.3) is 0 Å². The summed E-state index contributed by atoms with van der Waals surface area (Å²) in [5, 5.41) is 22.5. The lowest BCUT2D eigenvalue weighted by molar-refractivity contribution is 0.329. The molecule has 5 nitrogen and oxygen atoms in total. The third-order valence-corrected chi connectivity index (χ3v) is 6.01. The van der Waals surface area contributed by atoms with Crippen molar-refractivity contribution in [1.82, 2.24) is 4.90 Å². The normalized spacial score (nSPS) is 26.4. The van der Waals surface area contributed by atoms with Crippen molar-refractivity contribution in [2.24, 2.45) is 15.9 Å². The van der Waals surface area contributed by atoms with E-state index in [1.165, 1.54) is 5.57 Å². The number of aliphatic imine (C=N–C) groups is 1. The number of allylic oxidation sites excluding steroid dienone is 1.